The predicted octanol–water partition coefficient (Wildman–Crippen LogP) is 11.9. The number of hydrogen-bond acceptors (Lipinski definition) is 4. The molecule has 53 heavy (non-hydrogen) atoms. The lowest BCUT2D eigenvalue weighted by Gasteiger charge is -2.42. The van der Waals surface area contributed by atoms with Crippen molar-refractivity contribution in [2.24, 2.45) is 0 Å². The Hall–Kier alpha value is -7.46. The summed E-state index contributed by atoms with van der Waals surface area (Å²) >= 11 is 0. The van der Waals surface area contributed by atoms with E-state index in [0.717, 1.165) is 61.2 Å². The van der Waals surface area contributed by atoms with E-state index in [0.29, 0.717) is 5.56 Å². The summed E-state index contributed by atoms with van der Waals surface area (Å²) in [4.78, 5) is 10.4. The van der Waals surface area contributed by atoms with Crippen LogP contribution in [0.2, 0.25) is 0 Å². The van der Waals surface area contributed by atoms with Crippen LogP contribution in [-0.4, -0.2) is 9.55 Å². The molecule has 0 amide bonds. The van der Waals surface area contributed by atoms with Crippen molar-refractivity contribution in [3.05, 3.63) is 180 Å². The Bertz CT molecular complexity index is 2790. The first-order chi connectivity index (χ1) is 25.9. The number of para-hydroxylation sites is 3. The normalized spacial score (nSPS) is 12.8. The lowest BCUT2D eigenvalue weighted by Crippen LogP contribution is -2.30. The van der Waals surface area contributed by atoms with Gasteiger partial charge in [0.1, 0.15) is 0 Å². The Labute approximate surface area is 307 Å². The number of hydrogen-bond donors (Lipinski definition) is 0. The third-order valence-electron chi connectivity index (χ3n) is 10.5. The van der Waals surface area contributed by atoms with E-state index in [-0.39, 0.29) is 22.2 Å². The molecule has 248 valence electrons. The van der Waals surface area contributed by atoms with Crippen molar-refractivity contribution >= 4 is 44.6 Å². The van der Waals surface area contributed by atoms with Gasteiger partial charge in [0.15, 0.2) is 5.69 Å². The van der Waals surface area contributed by atoms with Gasteiger partial charge in [0.2, 0.25) is 0 Å². The van der Waals surface area contributed by atoms with Crippen LogP contribution in [0.25, 0.3) is 54.6 Å². The minimum absolute atomic E-state index is 0.227. The number of benzene rings is 6. The average molecular weight is 679 g/mol. The fraction of sp³-hybridized carbons (Fsp3) is 0.0638. The summed E-state index contributed by atoms with van der Waals surface area (Å²) in [6.45, 7) is 12.2. The topological polar surface area (TPSA) is 73.0 Å². The van der Waals surface area contributed by atoms with E-state index in [9.17, 15) is 10.5 Å². The average Bonchev–Trinajstić information content (AvgIpc) is 3.55. The zero-order chi connectivity index (χ0) is 36.3. The first kappa shape index (κ1) is 31.5. The summed E-state index contributed by atoms with van der Waals surface area (Å²) in [6.07, 6.45) is 3.75. The molecular formula is C47H30N6. The highest BCUT2D eigenvalue weighted by molar-refractivity contribution is 6.09. The monoisotopic (exact) mass is 678 g/mol. The van der Waals surface area contributed by atoms with Crippen LogP contribution < -0.4 is 4.90 Å². The van der Waals surface area contributed by atoms with E-state index in [1.807, 2.05) is 36.7 Å². The van der Waals surface area contributed by atoms with Crippen molar-refractivity contribution in [3.63, 3.8) is 0 Å². The van der Waals surface area contributed by atoms with Crippen molar-refractivity contribution in [3.8, 4) is 40.1 Å². The van der Waals surface area contributed by atoms with Crippen LogP contribution in [0.4, 0.5) is 22.7 Å². The number of aromatic nitrogens is 2. The molecule has 0 atom stereocenters. The number of pyridine rings is 1. The molecule has 9 rings (SSSR count). The highest BCUT2D eigenvalue weighted by Gasteiger charge is 2.36. The molecule has 0 saturated carbocycles. The summed E-state index contributed by atoms with van der Waals surface area (Å²) in [6, 6.07) is 49.9. The molecule has 0 unspecified atom stereocenters. The van der Waals surface area contributed by atoms with E-state index < -0.39 is 0 Å². The van der Waals surface area contributed by atoms with Gasteiger partial charge in [-0.15, -0.1) is 0 Å². The second-order valence-electron chi connectivity index (χ2n) is 13.8. The van der Waals surface area contributed by atoms with Gasteiger partial charge in [0, 0.05) is 45.5 Å². The van der Waals surface area contributed by atoms with Crippen LogP contribution in [0.5, 0.6) is 0 Å². The van der Waals surface area contributed by atoms with Crippen LogP contribution in [0.1, 0.15) is 36.1 Å². The molecule has 6 aromatic carbocycles. The summed E-state index contributed by atoms with van der Waals surface area (Å²) in [5.74, 6) is 0. The van der Waals surface area contributed by atoms with Gasteiger partial charge in [-0.3, -0.25) is 4.98 Å². The molecule has 0 aliphatic carbocycles. The molecule has 0 fully saturated rings. The second-order valence-corrected chi connectivity index (χ2v) is 13.8. The smallest absolute Gasteiger partial charge is 0.189 e. The van der Waals surface area contributed by atoms with E-state index >= 15 is 0 Å². The van der Waals surface area contributed by atoms with Gasteiger partial charge in [-0.25, -0.2) is 4.85 Å². The number of nitrogens with zero attached hydrogens (tertiary/aromatic N) is 6. The molecular weight excluding hydrogens is 649 g/mol. The van der Waals surface area contributed by atoms with Gasteiger partial charge in [0.25, 0.3) is 0 Å². The van der Waals surface area contributed by atoms with E-state index in [1.165, 1.54) is 11.1 Å². The van der Waals surface area contributed by atoms with Crippen LogP contribution in [0.15, 0.2) is 146 Å². The van der Waals surface area contributed by atoms with Crippen molar-refractivity contribution in [1.29, 1.82) is 10.5 Å². The lowest BCUT2D eigenvalue weighted by molar-refractivity contribution is 0.632. The van der Waals surface area contributed by atoms with Crippen molar-refractivity contribution < 1.29 is 0 Å². The fourth-order valence-corrected chi connectivity index (χ4v) is 8.16. The standard InChI is InChI=1S/C47H30N6/c1-47(2)40-15-7-10-18-44(40)53(45-19-11-8-16-41(45)47)35-25-30(24-34(26-35)52-42-17-9-6-13-37(42)39-29-51-21-20-43(39)52)36-12-4-5-14-38(36)46-31(27-48)22-33(50-3)23-32(46)28-49/h4-26,29H,1-2H3. The molecule has 3 heterocycles. The van der Waals surface area contributed by atoms with Gasteiger partial charge in [-0.05, 0) is 82.4 Å². The Morgan fingerprint density at radius 3 is 1.91 bits per heavy atom. The molecule has 6 heteroatoms. The first-order valence-electron chi connectivity index (χ1n) is 17.4. The molecule has 8 aromatic rings. The number of fused-ring (bicyclic) bond motifs is 5. The molecule has 6 nitrogen and oxygen atoms in total. The zero-order valence-corrected chi connectivity index (χ0v) is 29.0. The van der Waals surface area contributed by atoms with Gasteiger partial charge >= 0.3 is 0 Å². The van der Waals surface area contributed by atoms with Gasteiger partial charge in [0.05, 0.1) is 52.2 Å². The van der Waals surface area contributed by atoms with Crippen molar-refractivity contribution in [2.75, 3.05) is 4.90 Å². The number of anilines is 3. The fourth-order valence-electron chi connectivity index (χ4n) is 8.16. The molecule has 1 aliphatic heterocycles. The van der Waals surface area contributed by atoms with E-state index in [4.69, 9.17) is 6.57 Å². The Kier molecular flexibility index (Phi) is 7.19. The number of rotatable bonds is 4. The Morgan fingerprint density at radius 1 is 0.642 bits per heavy atom. The second kappa shape index (κ2) is 12.1. The van der Waals surface area contributed by atoms with Crippen LogP contribution in [-0.2, 0) is 5.41 Å². The van der Waals surface area contributed by atoms with Crippen LogP contribution >= 0.6 is 0 Å². The third kappa shape index (κ3) is 4.80. The quantitative estimate of drug-likeness (QED) is 0.174. The molecule has 0 N–H and O–H groups in total. The minimum Gasteiger partial charge on any atom is -0.310 e. The zero-order valence-electron chi connectivity index (χ0n) is 29.0. The highest BCUT2D eigenvalue weighted by atomic mass is 15.2. The molecule has 1 aliphatic rings. The van der Waals surface area contributed by atoms with E-state index in [1.54, 1.807) is 12.1 Å². The van der Waals surface area contributed by atoms with Crippen molar-refractivity contribution in [2.45, 2.75) is 19.3 Å². The minimum atomic E-state index is -0.227. The number of nitriles is 2. The lowest BCUT2D eigenvalue weighted by atomic mass is 9.73. The third-order valence-corrected chi connectivity index (χ3v) is 10.5. The molecule has 0 saturated heterocycles. The largest absolute Gasteiger partial charge is 0.310 e. The van der Waals surface area contributed by atoms with Crippen LogP contribution in [0, 0.1) is 29.2 Å². The SMILES string of the molecule is [C-]#[N+]c1cc(C#N)c(-c2ccccc2-c2cc(N3c4ccccc4C(C)(C)c4ccccc43)cc(-n3c4ccccc4c4cnccc43)c2)c(C#N)c1. The maximum absolute atomic E-state index is 10.3. The first-order valence-corrected chi connectivity index (χ1v) is 17.4. The van der Waals surface area contributed by atoms with Gasteiger partial charge in [-0.2, -0.15) is 10.5 Å². The summed E-state index contributed by atoms with van der Waals surface area (Å²) < 4.78 is 2.29. The van der Waals surface area contributed by atoms with Crippen LogP contribution in [0.3, 0.4) is 0 Å². The van der Waals surface area contributed by atoms with Crippen molar-refractivity contribution in [1.82, 2.24) is 9.55 Å². The Morgan fingerprint density at radius 2 is 1.23 bits per heavy atom. The predicted molar refractivity (Wildman–Crippen MR) is 212 cm³/mol. The maximum Gasteiger partial charge on any atom is 0.189 e. The Balaban J connectivity index is 1.39. The summed E-state index contributed by atoms with van der Waals surface area (Å²) in [5, 5.41) is 22.8. The summed E-state index contributed by atoms with van der Waals surface area (Å²) in [5.41, 5.74) is 12.3. The molecule has 0 radical (unpaired) electrons. The van der Waals surface area contributed by atoms with Gasteiger partial charge < -0.3 is 9.47 Å². The summed E-state index contributed by atoms with van der Waals surface area (Å²) in [7, 11) is 0. The molecule has 0 bridgehead atoms. The molecule has 0 spiro atoms. The maximum atomic E-state index is 10.3. The highest BCUT2D eigenvalue weighted by Crippen LogP contribution is 2.53. The van der Waals surface area contributed by atoms with Gasteiger partial charge in [-0.1, -0.05) is 92.7 Å². The molecule has 2 aromatic heterocycles. The van der Waals surface area contributed by atoms with E-state index in [2.05, 4.69) is 142 Å².